The highest BCUT2D eigenvalue weighted by Gasteiger charge is 2.25. The standard InChI is InChI=1S/C23H34N6O2.HI/c1-3-24-22(27-15-16-31-20(17-27)19-10-5-4-9-18(19)2)25-12-8-14-29-23(30)28-13-7-6-11-21(28)26-29;/h4-5,9-10,20H,3,6-8,11-17H2,1-2H3,(H,24,25);1H. The molecule has 1 aromatic heterocycles. The van der Waals surface area contributed by atoms with Gasteiger partial charge < -0.3 is 15.0 Å². The fraction of sp³-hybridized carbons (Fsp3) is 0.609. The lowest BCUT2D eigenvalue weighted by atomic mass is 10.0. The Bertz CT molecular complexity index is 970. The second-order valence-electron chi connectivity index (χ2n) is 8.28. The molecule has 0 radical (unpaired) electrons. The van der Waals surface area contributed by atoms with Crippen LogP contribution in [0.15, 0.2) is 34.1 Å². The molecular weight excluding hydrogens is 519 g/mol. The van der Waals surface area contributed by atoms with Gasteiger partial charge in [-0.25, -0.2) is 9.48 Å². The van der Waals surface area contributed by atoms with Crippen molar-refractivity contribution in [1.82, 2.24) is 24.6 Å². The number of nitrogens with one attached hydrogen (secondary N) is 1. The lowest BCUT2D eigenvalue weighted by Crippen LogP contribution is -2.48. The molecule has 0 saturated carbocycles. The Morgan fingerprint density at radius 2 is 2.12 bits per heavy atom. The Labute approximate surface area is 207 Å². The predicted octanol–water partition coefficient (Wildman–Crippen LogP) is 2.74. The summed E-state index contributed by atoms with van der Waals surface area (Å²) in [4.78, 5) is 19.6. The first-order valence-electron chi connectivity index (χ1n) is 11.5. The van der Waals surface area contributed by atoms with Crippen LogP contribution in [0.4, 0.5) is 0 Å². The van der Waals surface area contributed by atoms with E-state index < -0.39 is 0 Å². The van der Waals surface area contributed by atoms with Crippen molar-refractivity contribution < 1.29 is 4.74 Å². The van der Waals surface area contributed by atoms with Crippen molar-refractivity contribution in [2.24, 2.45) is 4.99 Å². The third-order valence-corrected chi connectivity index (χ3v) is 6.06. The van der Waals surface area contributed by atoms with Gasteiger partial charge in [-0.3, -0.25) is 9.56 Å². The zero-order chi connectivity index (χ0) is 21.6. The molecule has 2 aliphatic rings. The van der Waals surface area contributed by atoms with E-state index in [4.69, 9.17) is 9.73 Å². The largest absolute Gasteiger partial charge is 0.370 e. The Hall–Kier alpha value is -1.88. The van der Waals surface area contributed by atoms with Gasteiger partial charge in [-0.1, -0.05) is 24.3 Å². The Morgan fingerprint density at radius 3 is 2.91 bits per heavy atom. The Morgan fingerprint density at radius 1 is 1.28 bits per heavy atom. The number of ether oxygens (including phenoxy) is 1. The first-order valence-corrected chi connectivity index (χ1v) is 11.5. The molecule has 3 heterocycles. The van der Waals surface area contributed by atoms with Gasteiger partial charge in [-0.2, -0.15) is 5.10 Å². The average Bonchev–Trinajstić information content (AvgIpc) is 3.12. The lowest BCUT2D eigenvalue weighted by Gasteiger charge is -2.35. The summed E-state index contributed by atoms with van der Waals surface area (Å²) in [7, 11) is 0. The van der Waals surface area contributed by atoms with E-state index in [1.807, 2.05) is 4.57 Å². The van der Waals surface area contributed by atoms with E-state index in [0.29, 0.717) is 19.7 Å². The molecule has 8 nitrogen and oxygen atoms in total. The van der Waals surface area contributed by atoms with Crippen LogP contribution in [-0.4, -0.2) is 58.0 Å². The fourth-order valence-electron chi connectivity index (χ4n) is 4.40. The number of hydrogen-bond acceptors (Lipinski definition) is 4. The van der Waals surface area contributed by atoms with Gasteiger partial charge in [0.25, 0.3) is 0 Å². The first kappa shape index (κ1) is 24.8. The molecule has 0 amide bonds. The van der Waals surface area contributed by atoms with Crippen LogP contribution in [0.3, 0.4) is 0 Å². The molecule has 0 spiro atoms. The van der Waals surface area contributed by atoms with Crippen LogP contribution in [0, 0.1) is 6.92 Å². The number of rotatable bonds is 6. The number of hydrogen-bond donors (Lipinski definition) is 1. The van der Waals surface area contributed by atoms with Gasteiger partial charge in [0, 0.05) is 39.1 Å². The topological polar surface area (TPSA) is 76.7 Å². The minimum absolute atomic E-state index is 0. The second kappa shape index (κ2) is 11.8. The number of benzene rings is 1. The first-order chi connectivity index (χ1) is 15.2. The van der Waals surface area contributed by atoms with Gasteiger partial charge in [0.1, 0.15) is 11.9 Å². The van der Waals surface area contributed by atoms with Crippen molar-refractivity contribution in [2.45, 2.75) is 58.7 Å². The molecule has 176 valence electrons. The average molecular weight is 554 g/mol. The van der Waals surface area contributed by atoms with E-state index in [2.05, 4.69) is 53.4 Å². The molecule has 9 heteroatoms. The number of aliphatic imine (C=N–C) groups is 1. The van der Waals surface area contributed by atoms with E-state index in [-0.39, 0.29) is 35.8 Å². The number of nitrogens with zero attached hydrogens (tertiary/aromatic N) is 5. The molecule has 2 aromatic rings. The summed E-state index contributed by atoms with van der Waals surface area (Å²) < 4.78 is 9.51. The maximum absolute atomic E-state index is 12.5. The summed E-state index contributed by atoms with van der Waals surface area (Å²) in [5.74, 6) is 1.85. The molecule has 0 bridgehead atoms. The minimum Gasteiger partial charge on any atom is -0.370 e. The minimum atomic E-state index is 0. The summed E-state index contributed by atoms with van der Waals surface area (Å²) >= 11 is 0. The van der Waals surface area contributed by atoms with Crippen LogP contribution < -0.4 is 11.0 Å². The summed E-state index contributed by atoms with van der Waals surface area (Å²) in [5.41, 5.74) is 2.52. The van der Waals surface area contributed by atoms with Crippen molar-refractivity contribution >= 4 is 29.9 Å². The maximum Gasteiger partial charge on any atom is 0.345 e. The number of aromatic nitrogens is 3. The predicted molar refractivity (Wildman–Crippen MR) is 137 cm³/mol. The van der Waals surface area contributed by atoms with E-state index in [9.17, 15) is 4.79 Å². The van der Waals surface area contributed by atoms with Crippen molar-refractivity contribution in [3.05, 3.63) is 51.7 Å². The SMILES string of the molecule is CCNC(=NCCCn1nc2n(c1=O)CCCC2)N1CCOC(c2ccccc2C)C1.I. The molecule has 0 aliphatic carbocycles. The van der Waals surface area contributed by atoms with Gasteiger partial charge in [0.05, 0.1) is 13.2 Å². The Kier molecular flexibility index (Phi) is 9.15. The van der Waals surface area contributed by atoms with E-state index in [1.165, 1.54) is 11.1 Å². The van der Waals surface area contributed by atoms with Crippen molar-refractivity contribution in [3.63, 3.8) is 0 Å². The lowest BCUT2D eigenvalue weighted by molar-refractivity contribution is -0.00832. The molecular formula is C23H35IN6O2. The number of morpholine rings is 1. The third kappa shape index (κ3) is 5.72. The van der Waals surface area contributed by atoms with Gasteiger partial charge >= 0.3 is 5.69 Å². The molecule has 32 heavy (non-hydrogen) atoms. The van der Waals surface area contributed by atoms with Gasteiger partial charge in [0.15, 0.2) is 5.96 Å². The number of guanidine groups is 1. The van der Waals surface area contributed by atoms with Crippen LogP contribution >= 0.6 is 24.0 Å². The van der Waals surface area contributed by atoms with Crippen LogP contribution in [0.5, 0.6) is 0 Å². The van der Waals surface area contributed by atoms with E-state index in [0.717, 1.165) is 63.6 Å². The summed E-state index contributed by atoms with van der Waals surface area (Å²) in [6, 6.07) is 8.41. The molecule has 1 atom stereocenters. The molecule has 2 aliphatic heterocycles. The van der Waals surface area contributed by atoms with Crippen molar-refractivity contribution in [2.75, 3.05) is 32.8 Å². The smallest absolute Gasteiger partial charge is 0.345 e. The van der Waals surface area contributed by atoms with E-state index >= 15 is 0 Å². The highest BCUT2D eigenvalue weighted by Crippen LogP contribution is 2.25. The highest BCUT2D eigenvalue weighted by molar-refractivity contribution is 14.0. The fourth-order valence-corrected chi connectivity index (χ4v) is 4.40. The van der Waals surface area contributed by atoms with Crippen LogP contribution in [-0.2, 0) is 24.2 Å². The van der Waals surface area contributed by atoms with Gasteiger partial charge in [0.2, 0.25) is 0 Å². The van der Waals surface area contributed by atoms with E-state index in [1.54, 1.807) is 4.68 Å². The Balaban J connectivity index is 0.00000289. The summed E-state index contributed by atoms with van der Waals surface area (Å²) in [6.45, 7) is 9.38. The molecule has 1 aromatic carbocycles. The van der Waals surface area contributed by atoms with Crippen LogP contribution in [0.25, 0.3) is 0 Å². The zero-order valence-corrected chi connectivity index (χ0v) is 21.5. The summed E-state index contributed by atoms with van der Waals surface area (Å²) in [6.07, 6.45) is 3.93. The zero-order valence-electron chi connectivity index (χ0n) is 19.1. The quantitative estimate of drug-likeness (QED) is 0.257. The summed E-state index contributed by atoms with van der Waals surface area (Å²) in [5, 5.41) is 7.94. The van der Waals surface area contributed by atoms with Crippen LogP contribution in [0.2, 0.25) is 0 Å². The normalized spacial score (nSPS) is 18.8. The molecule has 1 N–H and O–H groups in total. The number of fused-ring (bicyclic) bond motifs is 1. The van der Waals surface area contributed by atoms with Crippen molar-refractivity contribution in [1.29, 1.82) is 0 Å². The highest BCUT2D eigenvalue weighted by atomic mass is 127. The molecule has 1 fully saturated rings. The van der Waals surface area contributed by atoms with Gasteiger partial charge in [-0.15, -0.1) is 24.0 Å². The molecule has 1 saturated heterocycles. The third-order valence-electron chi connectivity index (χ3n) is 6.06. The molecule has 1 unspecified atom stereocenters. The van der Waals surface area contributed by atoms with Crippen LogP contribution in [0.1, 0.15) is 49.2 Å². The maximum atomic E-state index is 12.5. The second-order valence-corrected chi connectivity index (χ2v) is 8.28. The monoisotopic (exact) mass is 554 g/mol. The van der Waals surface area contributed by atoms with Gasteiger partial charge in [-0.05, 0) is 44.2 Å². The molecule has 4 rings (SSSR count). The van der Waals surface area contributed by atoms with Crippen molar-refractivity contribution in [3.8, 4) is 0 Å². The number of halogens is 1. The number of aryl methyl sites for hydroxylation is 3.